The summed E-state index contributed by atoms with van der Waals surface area (Å²) in [5.41, 5.74) is 4.65. The van der Waals surface area contributed by atoms with Gasteiger partial charge in [0.05, 0.1) is 23.0 Å². The van der Waals surface area contributed by atoms with Crippen molar-refractivity contribution in [3.63, 3.8) is 0 Å². The molecule has 6 heteroatoms. The highest BCUT2D eigenvalue weighted by Gasteiger charge is 2.31. The Morgan fingerprint density at radius 2 is 1.82 bits per heavy atom. The summed E-state index contributed by atoms with van der Waals surface area (Å²) in [6.45, 7) is 6.39. The quantitative estimate of drug-likeness (QED) is 0.591. The molecule has 1 unspecified atom stereocenters. The number of piperazine rings is 1. The van der Waals surface area contributed by atoms with Crippen molar-refractivity contribution in [2.24, 2.45) is 5.92 Å². The van der Waals surface area contributed by atoms with Crippen LogP contribution in [-0.4, -0.2) is 52.8 Å². The van der Waals surface area contributed by atoms with Crippen LogP contribution in [-0.2, 0) is 11.2 Å². The molecule has 6 nitrogen and oxygen atoms in total. The minimum absolute atomic E-state index is 0.0416. The molecule has 2 aromatic heterocycles. The zero-order valence-corrected chi connectivity index (χ0v) is 19.2. The van der Waals surface area contributed by atoms with Crippen molar-refractivity contribution in [3.05, 3.63) is 65.2 Å². The number of amides is 2. The van der Waals surface area contributed by atoms with Crippen LogP contribution in [0, 0.1) is 5.92 Å². The van der Waals surface area contributed by atoms with Crippen molar-refractivity contribution in [1.29, 1.82) is 0 Å². The number of hydrogen-bond acceptors (Lipinski definition) is 4. The van der Waals surface area contributed by atoms with E-state index in [1.807, 2.05) is 53.1 Å². The lowest BCUT2D eigenvalue weighted by Gasteiger charge is -2.36. The van der Waals surface area contributed by atoms with Crippen LogP contribution in [0.3, 0.4) is 0 Å². The number of carbonyl (C=O) groups excluding carboxylic acids is 2. The van der Waals surface area contributed by atoms with Gasteiger partial charge in [0.1, 0.15) is 5.76 Å². The van der Waals surface area contributed by atoms with Gasteiger partial charge < -0.3 is 14.2 Å². The number of furan rings is 1. The summed E-state index contributed by atoms with van der Waals surface area (Å²) in [5.74, 6) is 1.38. The van der Waals surface area contributed by atoms with Gasteiger partial charge in [-0.15, -0.1) is 0 Å². The Morgan fingerprint density at radius 3 is 2.55 bits per heavy atom. The molecule has 33 heavy (non-hydrogen) atoms. The molecule has 5 rings (SSSR count). The topological polar surface area (TPSA) is 66.7 Å². The van der Waals surface area contributed by atoms with Crippen LogP contribution >= 0.6 is 0 Å². The third-order valence-corrected chi connectivity index (χ3v) is 6.71. The second kappa shape index (κ2) is 8.85. The fourth-order valence-corrected chi connectivity index (χ4v) is 5.07. The third-order valence-electron chi connectivity index (χ3n) is 6.71. The Morgan fingerprint density at radius 1 is 1.06 bits per heavy atom. The van der Waals surface area contributed by atoms with Crippen LogP contribution in [0.4, 0.5) is 0 Å². The van der Waals surface area contributed by atoms with Gasteiger partial charge in [-0.05, 0) is 54.2 Å². The Hall–Kier alpha value is -3.41. The van der Waals surface area contributed by atoms with Gasteiger partial charge >= 0.3 is 0 Å². The number of allylic oxidation sites excluding steroid dienone is 1. The van der Waals surface area contributed by atoms with E-state index in [0.717, 1.165) is 51.9 Å². The maximum absolute atomic E-state index is 13.9. The first kappa shape index (κ1) is 21.4. The summed E-state index contributed by atoms with van der Waals surface area (Å²) in [4.78, 5) is 34.8. The number of rotatable bonds is 3. The van der Waals surface area contributed by atoms with E-state index in [2.05, 4.69) is 13.0 Å². The second-order valence-electron chi connectivity index (χ2n) is 9.06. The monoisotopic (exact) mass is 443 g/mol. The third kappa shape index (κ3) is 4.06. The van der Waals surface area contributed by atoms with Crippen molar-refractivity contribution in [1.82, 2.24) is 14.8 Å². The molecule has 0 radical (unpaired) electrons. The van der Waals surface area contributed by atoms with Gasteiger partial charge in [0, 0.05) is 38.0 Å². The second-order valence-corrected chi connectivity index (χ2v) is 9.06. The van der Waals surface area contributed by atoms with Gasteiger partial charge in [-0.2, -0.15) is 0 Å². The number of nitrogens with zero attached hydrogens (tertiary/aromatic N) is 3. The fraction of sp³-hybridized carbons (Fsp3) is 0.370. The minimum Gasteiger partial charge on any atom is -0.465 e. The molecular weight excluding hydrogens is 414 g/mol. The van der Waals surface area contributed by atoms with Crippen LogP contribution in [0.5, 0.6) is 0 Å². The Balaban J connectivity index is 1.58. The molecule has 1 saturated heterocycles. The molecule has 0 saturated carbocycles. The number of hydrogen-bond donors (Lipinski definition) is 0. The van der Waals surface area contributed by atoms with Crippen LogP contribution < -0.4 is 0 Å². The minimum atomic E-state index is 0.0416. The lowest BCUT2D eigenvalue weighted by Crippen LogP contribution is -2.50. The maximum Gasteiger partial charge on any atom is 0.255 e. The zero-order valence-electron chi connectivity index (χ0n) is 19.2. The first-order valence-corrected chi connectivity index (χ1v) is 11.8. The molecule has 3 aromatic rings. The summed E-state index contributed by atoms with van der Waals surface area (Å²) < 4.78 is 5.57. The number of pyridine rings is 1. The van der Waals surface area contributed by atoms with E-state index in [1.54, 1.807) is 6.26 Å². The number of benzene rings is 1. The number of para-hydroxylation sites is 1. The van der Waals surface area contributed by atoms with Crippen molar-refractivity contribution in [2.45, 2.75) is 33.1 Å². The van der Waals surface area contributed by atoms with E-state index < -0.39 is 0 Å². The maximum atomic E-state index is 13.9. The Labute approximate surface area is 193 Å². The van der Waals surface area contributed by atoms with Gasteiger partial charge in [-0.25, -0.2) is 4.98 Å². The molecule has 2 aliphatic rings. The van der Waals surface area contributed by atoms with Gasteiger partial charge in [0.15, 0.2) is 0 Å². The molecule has 1 aliphatic heterocycles. The first-order valence-electron chi connectivity index (χ1n) is 11.8. The molecule has 2 amide bonds. The summed E-state index contributed by atoms with van der Waals surface area (Å²) in [6.07, 6.45) is 5.94. The van der Waals surface area contributed by atoms with Gasteiger partial charge in [0.2, 0.25) is 5.91 Å². The van der Waals surface area contributed by atoms with Crippen molar-refractivity contribution < 1.29 is 14.0 Å². The number of fused-ring (bicyclic) bond motifs is 2. The summed E-state index contributed by atoms with van der Waals surface area (Å²) in [5, 5.41) is 0.903. The Kier molecular flexibility index (Phi) is 5.75. The van der Waals surface area contributed by atoms with Crippen LogP contribution in [0.2, 0.25) is 0 Å². The van der Waals surface area contributed by atoms with E-state index in [9.17, 15) is 9.59 Å². The van der Waals surface area contributed by atoms with E-state index in [0.29, 0.717) is 38.5 Å². The molecule has 3 heterocycles. The first-order chi connectivity index (χ1) is 16.0. The summed E-state index contributed by atoms with van der Waals surface area (Å²) in [6, 6.07) is 11.7. The Bertz CT molecular complexity index is 1220. The van der Waals surface area contributed by atoms with E-state index in [-0.39, 0.29) is 11.8 Å². The average Bonchev–Trinajstić information content (AvgIpc) is 3.35. The molecule has 1 atom stereocenters. The number of carbonyl (C=O) groups is 2. The van der Waals surface area contributed by atoms with E-state index >= 15 is 0 Å². The molecule has 170 valence electrons. The van der Waals surface area contributed by atoms with Crippen LogP contribution in [0.1, 0.15) is 54.1 Å². The van der Waals surface area contributed by atoms with Gasteiger partial charge in [-0.1, -0.05) is 32.0 Å². The highest BCUT2D eigenvalue weighted by atomic mass is 16.3. The lowest BCUT2D eigenvalue weighted by atomic mass is 9.80. The van der Waals surface area contributed by atoms with Crippen molar-refractivity contribution in [2.75, 3.05) is 26.2 Å². The van der Waals surface area contributed by atoms with E-state index in [4.69, 9.17) is 9.40 Å². The number of aromatic nitrogens is 1. The normalized spacial score (nSPS) is 19.7. The van der Waals surface area contributed by atoms with Gasteiger partial charge in [0.25, 0.3) is 5.91 Å². The summed E-state index contributed by atoms with van der Waals surface area (Å²) >= 11 is 0. The predicted octanol–water partition coefficient (Wildman–Crippen LogP) is 4.65. The van der Waals surface area contributed by atoms with Crippen LogP contribution in [0.15, 0.2) is 47.1 Å². The molecule has 1 aromatic carbocycles. The highest BCUT2D eigenvalue weighted by Crippen LogP contribution is 2.39. The van der Waals surface area contributed by atoms with Crippen molar-refractivity contribution in [3.8, 4) is 0 Å². The standard InChI is InChI=1S/C27H29N3O3/c1-3-24(31)29-10-12-30(13-11-29)27(32)25-21-8-4-5-9-23(21)28-26-19(15-18(2)16-22(25)26)17-20-7-6-14-33-20/h4-9,14,17-18H,3,10-13,15-16H2,1-2H3/b19-17-. The van der Waals surface area contributed by atoms with E-state index in [1.165, 1.54) is 0 Å². The predicted molar refractivity (Wildman–Crippen MR) is 129 cm³/mol. The molecular formula is C27H29N3O3. The fourth-order valence-electron chi connectivity index (χ4n) is 5.07. The van der Waals surface area contributed by atoms with Crippen LogP contribution in [0.25, 0.3) is 22.6 Å². The molecule has 0 bridgehead atoms. The molecule has 0 spiro atoms. The van der Waals surface area contributed by atoms with Gasteiger partial charge in [-0.3, -0.25) is 9.59 Å². The average molecular weight is 444 g/mol. The molecule has 1 aliphatic carbocycles. The smallest absolute Gasteiger partial charge is 0.255 e. The SMILES string of the molecule is CCC(=O)N1CCN(C(=O)c2c3c(nc4ccccc24)/C(=C\c2ccco2)CC(C)C3)CC1. The molecule has 1 fully saturated rings. The largest absolute Gasteiger partial charge is 0.465 e. The van der Waals surface area contributed by atoms with Crippen molar-refractivity contribution >= 4 is 34.4 Å². The molecule has 0 N–H and O–H groups in total. The lowest BCUT2D eigenvalue weighted by molar-refractivity contribution is -0.132. The summed E-state index contributed by atoms with van der Waals surface area (Å²) in [7, 11) is 0. The zero-order chi connectivity index (χ0) is 22.9. The highest BCUT2D eigenvalue weighted by molar-refractivity contribution is 6.09.